The van der Waals surface area contributed by atoms with Crippen LogP contribution >= 0.6 is 0 Å². The third-order valence-electron chi connectivity index (χ3n) is 19.1. The molecule has 12 rings (SSSR count). The molecule has 0 bridgehead atoms. The molecule has 3 aliphatic rings. The number of hydrogen-bond acceptors (Lipinski definition) is 6. The van der Waals surface area contributed by atoms with E-state index in [2.05, 4.69) is 297 Å². The Morgan fingerprint density at radius 3 is 1.21 bits per heavy atom. The number of benzene rings is 9. The van der Waals surface area contributed by atoms with Gasteiger partial charge in [0.25, 0.3) is 0 Å². The van der Waals surface area contributed by atoms with Crippen molar-refractivity contribution in [3.05, 3.63) is 242 Å². The third kappa shape index (κ3) is 10.9. The first kappa shape index (κ1) is 57.7. The second-order valence-corrected chi connectivity index (χ2v) is 25.5. The van der Waals surface area contributed by atoms with Gasteiger partial charge >= 0.3 is 14.2 Å². The van der Waals surface area contributed by atoms with E-state index in [0.29, 0.717) is 0 Å². The number of fused-ring (bicyclic) bond motifs is 3. The molecule has 9 aromatic carbocycles. The Kier molecular flexibility index (Phi) is 15.8. The minimum Gasteiger partial charge on any atom is -0.399 e. The van der Waals surface area contributed by atoms with Gasteiger partial charge in [-0.05, 0) is 184 Å². The molecule has 0 radical (unpaired) electrons. The molecule has 1 atom stereocenters. The standard InChI is InChI=1S/C77H80B2N2O4/c1-11-13-14-15-16-27-52-77(12-2)69-53-58(55-36-43-61(44-37-55)80(71-34-25-23-32-65(71)56-28-19-17-20-29-56)62-45-39-59(40-46-62)78-82-73(3,4)74(5,6)83-78)38-50-67(69)68-51-49-64(54-70(68)77)81(72-35-26-24-33-66(72)57-30-21-18-22-31-57)63-47-41-60(42-48-63)79-84-75(7,8)76(9,10)85-79/h12,17-26,28-51,53-54H,2,11,13-16,27,52H2,1,3-10H3. The molecule has 2 saturated heterocycles. The molecule has 0 aromatic heterocycles. The lowest BCUT2D eigenvalue weighted by molar-refractivity contribution is 0.00578. The molecule has 428 valence electrons. The number of anilines is 6. The molecule has 8 heteroatoms. The zero-order valence-electron chi connectivity index (χ0n) is 51.2. The van der Waals surface area contributed by atoms with Crippen LogP contribution in [0.3, 0.4) is 0 Å². The van der Waals surface area contributed by atoms with Crippen molar-refractivity contribution in [2.75, 3.05) is 9.80 Å². The average Bonchev–Trinajstić information content (AvgIpc) is 1.69. The van der Waals surface area contributed by atoms with E-state index < -0.39 is 42.1 Å². The lowest BCUT2D eigenvalue weighted by Gasteiger charge is -2.32. The van der Waals surface area contributed by atoms with Crippen molar-refractivity contribution >= 4 is 59.3 Å². The Balaban J connectivity index is 0.931. The monoisotopic (exact) mass is 1120 g/mol. The van der Waals surface area contributed by atoms with Crippen LogP contribution in [-0.2, 0) is 24.0 Å². The van der Waals surface area contributed by atoms with Gasteiger partial charge in [0.1, 0.15) is 0 Å². The van der Waals surface area contributed by atoms with Gasteiger partial charge in [0.05, 0.1) is 33.8 Å². The molecule has 0 spiro atoms. The summed E-state index contributed by atoms with van der Waals surface area (Å²) in [4.78, 5) is 4.80. The molecule has 85 heavy (non-hydrogen) atoms. The molecule has 1 aliphatic carbocycles. The zero-order valence-corrected chi connectivity index (χ0v) is 51.2. The van der Waals surface area contributed by atoms with Crippen molar-refractivity contribution in [1.82, 2.24) is 0 Å². The highest BCUT2D eigenvalue weighted by Gasteiger charge is 2.53. The first-order valence-corrected chi connectivity index (χ1v) is 30.9. The van der Waals surface area contributed by atoms with Gasteiger partial charge < -0.3 is 28.4 Å². The number of para-hydroxylation sites is 2. The van der Waals surface area contributed by atoms with Crippen LogP contribution in [-0.4, -0.2) is 36.6 Å². The summed E-state index contributed by atoms with van der Waals surface area (Å²) in [7, 11) is -0.915. The average molecular weight is 1120 g/mol. The summed E-state index contributed by atoms with van der Waals surface area (Å²) >= 11 is 0. The summed E-state index contributed by atoms with van der Waals surface area (Å²) in [5.74, 6) is 0. The first-order valence-electron chi connectivity index (χ1n) is 30.9. The second kappa shape index (κ2) is 23.3. The summed E-state index contributed by atoms with van der Waals surface area (Å²) in [6, 6.07) is 79.8. The second-order valence-electron chi connectivity index (χ2n) is 25.5. The minimum absolute atomic E-state index is 0.434. The van der Waals surface area contributed by atoms with Crippen molar-refractivity contribution in [3.63, 3.8) is 0 Å². The van der Waals surface area contributed by atoms with Crippen LogP contribution in [0.25, 0.3) is 44.5 Å². The van der Waals surface area contributed by atoms with Gasteiger partial charge in [0.2, 0.25) is 0 Å². The van der Waals surface area contributed by atoms with Crippen molar-refractivity contribution in [2.45, 2.75) is 135 Å². The number of nitrogens with zero attached hydrogens (tertiary/aromatic N) is 2. The lowest BCUT2D eigenvalue weighted by atomic mass is 9.73. The van der Waals surface area contributed by atoms with Crippen LogP contribution in [0.5, 0.6) is 0 Å². The van der Waals surface area contributed by atoms with Crippen LogP contribution in [0.2, 0.25) is 0 Å². The van der Waals surface area contributed by atoms with Crippen LogP contribution in [0, 0.1) is 0 Å². The third-order valence-corrected chi connectivity index (χ3v) is 19.1. The molecule has 2 heterocycles. The normalized spacial score (nSPS) is 17.8. The van der Waals surface area contributed by atoms with E-state index in [9.17, 15) is 0 Å². The van der Waals surface area contributed by atoms with E-state index in [-0.39, 0.29) is 0 Å². The van der Waals surface area contributed by atoms with Crippen LogP contribution in [0.4, 0.5) is 34.1 Å². The maximum absolute atomic E-state index is 6.55. The summed E-state index contributed by atoms with van der Waals surface area (Å²) in [6.07, 6.45) is 10.5. The Morgan fingerprint density at radius 1 is 0.365 bits per heavy atom. The maximum atomic E-state index is 6.55. The van der Waals surface area contributed by atoms with E-state index in [1.807, 2.05) is 0 Å². The van der Waals surface area contributed by atoms with E-state index in [1.165, 1.54) is 59.9 Å². The molecule has 6 nitrogen and oxygen atoms in total. The van der Waals surface area contributed by atoms with Gasteiger partial charge in [-0.3, -0.25) is 0 Å². The Hall–Kier alpha value is -7.71. The number of unbranched alkanes of at least 4 members (excludes halogenated alkanes) is 5. The summed E-state index contributed by atoms with van der Waals surface area (Å²) in [5, 5.41) is 0. The highest BCUT2D eigenvalue weighted by Crippen LogP contribution is 2.55. The van der Waals surface area contributed by atoms with Crippen LogP contribution in [0.15, 0.2) is 231 Å². The molecule has 9 aromatic rings. The van der Waals surface area contributed by atoms with Gasteiger partial charge in [-0.1, -0.05) is 203 Å². The predicted octanol–water partition coefficient (Wildman–Crippen LogP) is 19.4. The fourth-order valence-corrected chi connectivity index (χ4v) is 12.8. The summed E-state index contributed by atoms with van der Waals surface area (Å²) < 4.78 is 26.1. The first-order chi connectivity index (χ1) is 41.0. The maximum Gasteiger partial charge on any atom is 0.494 e. The smallest absolute Gasteiger partial charge is 0.399 e. The number of allylic oxidation sites excluding steroid dienone is 1. The van der Waals surface area contributed by atoms with Crippen molar-refractivity contribution < 1.29 is 18.6 Å². The molecule has 2 fully saturated rings. The molecule has 1 unspecified atom stereocenters. The van der Waals surface area contributed by atoms with Gasteiger partial charge in [-0.25, -0.2) is 0 Å². The summed E-state index contributed by atoms with van der Waals surface area (Å²) in [5.41, 5.74) is 18.3. The fourth-order valence-electron chi connectivity index (χ4n) is 12.8. The Morgan fingerprint density at radius 2 is 0.741 bits per heavy atom. The van der Waals surface area contributed by atoms with Crippen LogP contribution in [0.1, 0.15) is 118 Å². The fraction of sp³-hybridized carbons (Fsp3) is 0.273. The molecule has 0 saturated carbocycles. The quantitative estimate of drug-likeness (QED) is 0.0457. The number of hydrogen-bond donors (Lipinski definition) is 0. The predicted molar refractivity (Wildman–Crippen MR) is 358 cm³/mol. The van der Waals surface area contributed by atoms with E-state index in [0.717, 1.165) is 85.7 Å². The van der Waals surface area contributed by atoms with Gasteiger partial charge in [0.15, 0.2) is 0 Å². The van der Waals surface area contributed by atoms with Crippen molar-refractivity contribution in [1.29, 1.82) is 0 Å². The van der Waals surface area contributed by atoms with E-state index in [1.54, 1.807) is 0 Å². The minimum atomic E-state index is -0.462. The largest absolute Gasteiger partial charge is 0.494 e. The molecular weight excluding hydrogens is 1040 g/mol. The lowest BCUT2D eigenvalue weighted by Crippen LogP contribution is -2.41. The molecule has 0 N–H and O–H groups in total. The molecule has 0 amide bonds. The highest BCUT2D eigenvalue weighted by atomic mass is 16.7. The molecular formula is C77H80B2N2O4. The van der Waals surface area contributed by atoms with Gasteiger partial charge in [-0.15, -0.1) is 6.58 Å². The number of rotatable bonds is 19. The zero-order chi connectivity index (χ0) is 59.1. The van der Waals surface area contributed by atoms with Crippen LogP contribution < -0.4 is 20.7 Å². The van der Waals surface area contributed by atoms with Crippen molar-refractivity contribution in [2.24, 2.45) is 0 Å². The Labute approximate surface area is 506 Å². The SMILES string of the molecule is C=CC1(CCCCCCCC)c2cc(-c3ccc(N(c4ccc(B5OC(C)(C)C(C)(C)O5)cc4)c4ccccc4-c4ccccc4)cc3)ccc2-c2ccc(N(c3ccc(B4OC(C)(C)C(C)(C)O4)cc3)c3ccccc3-c3ccccc3)cc21. The van der Waals surface area contributed by atoms with E-state index in [4.69, 9.17) is 25.2 Å². The summed E-state index contributed by atoms with van der Waals surface area (Å²) in [6.45, 7) is 23.9. The highest BCUT2D eigenvalue weighted by molar-refractivity contribution is 6.62. The van der Waals surface area contributed by atoms with Crippen molar-refractivity contribution in [3.8, 4) is 44.5 Å². The van der Waals surface area contributed by atoms with E-state index >= 15 is 0 Å². The Bertz CT molecular complexity index is 3790. The van der Waals surface area contributed by atoms with Gasteiger partial charge in [0, 0.05) is 39.3 Å². The topological polar surface area (TPSA) is 43.4 Å². The van der Waals surface area contributed by atoms with Gasteiger partial charge in [-0.2, -0.15) is 0 Å². The molecule has 2 aliphatic heterocycles.